The molecule has 11 heteroatoms. The Morgan fingerprint density at radius 1 is 0.429 bits per heavy atom. The van der Waals surface area contributed by atoms with Gasteiger partial charge in [-0.2, -0.15) is 0 Å². The maximum Gasteiger partial charge on any atom is 0.330 e. The van der Waals surface area contributed by atoms with Crippen LogP contribution in [0.3, 0.4) is 0 Å². The topological polar surface area (TPSA) is 167 Å². The molecular formula is C80H98ClNO9. The SMILES string of the molecule is CC/C(=C\c1ccccc1)[C@@H]1C[C@H]1C(=O)O.CC/C(=C\c1ccccc1)[C@@H]1C[C@H]1N.CC/C(C=O)=C\c1ccccc1.CCCC=O.CCOC(=O)/C=C/C(=C/c1ccccc1)CC.CCOC(=O)[C@@H]1C[C@H]1/C(=C/c1ccccc1)CC.Cl.O=Cc1ccccc1. The third-order valence-corrected chi connectivity index (χ3v) is 14.8. The third-order valence-electron chi connectivity index (χ3n) is 14.8. The fraction of sp³-hybridized carbons (Fsp3) is 0.325. The zero-order valence-corrected chi connectivity index (χ0v) is 55.6. The zero-order valence-electron chi connectivity index (χ0n) is 54.7. The molecule has 3 fully saturated rings. The van der Waals surface area contributed by atoms with Gasteiger partial charge in [-0.05, 0) is 134 Å². The third kappa shape index (κ3) is 33.2. The Morgan fingerprint density at radius 3 is 1.04 bits per heavy atom. The van der Waals surface area contributed by atoms with Crippen LogP contribution in [0.1, 0.15) is 158 Å². The van der Waals surface area contributed by atoms with Crippen molar-refractivity contribution in [2.24, 2.45) is 35.3 Å². The molecule has 3 aliphatic rings. The molecule has 0 saturated heterocycles. The summed E-state index contributed by atoms with van der Waals surface area (Å²) >= 11 is 0. The second kappa shape index (κ2) is 47.4. The van der Waals surface area contributed by atoms with Crippen LogP contribution in [0, 0.1) is 29.6 Å². The normalized spacial score (nSPS) is 17.6. The number of carboxylic acid groups (broad SMARTS) is 1. The number of carboxylic acids is 1. The molecule has 3 saturated carbocycles. The fourth-order valence-corrected chi connectivity index (χ4v) is 9.37. The zero-order chi connectivity index (χ0) is 65.7. The molecule has 484 valence electrons. The lowest BCUT2D eigenvalue weighted by molar-refractivity contribution is -0.145. The summed E-state index contributed by atoms with van der Waals surface area (Å²) in [5.74, 6) is 0.291. The highest BCUT2D eigenvalue weighted by molar-refractivity contribution is 5.85. The number of allylic oxidation sites excluding steroid dienone is 5. The van der Waals surface area contributed by atoms with E-state index in [1.165, 1.54) is 40.3 Å². The second-order valence-electron chi connectivity index (χ2n) is 21.6. The van der Waals surface area contributed by atoms with Crippen molar-refractivity contribution in [1.29, 1.82) is 0 Å². The van der Waals surface area contributed by atoms with Crippen LogP contribution in [0.15, 0.2) is 222 Å². The minimum atomic E-state index is -0.655. The van der Waals surface area contributed by atoms with Crippen LogP contribution in [0.25, 0.3) is 30.4 Å². The van der Waals surface area contributed by atoms with Gasteiger partial charge in [0, 0.05) is 24.1 Å². The lowest BCUT2D eigenvalue weighted by atomic mass is 10.0. The summed E-state index contributed by atoms with van der Waals surface area (Å²) in [5.41, 5.74) is 18.5. The van der Waals surface area contributed by atoms with Crippen molar-refractivity contribution in [1.82, 2.24) is 0 Å². The lowest BCUT2D eigenvalue weighted by Crippen LogP contribution is -2.08. The van der Waals surface area contributed by atoms with E-state index in [0.29, 0.717) is 37.5 Å². The van der Waals surface area contributed by atoms with Gasteiger partial charge < -0.3 is 25.1 Å². The van der Waals surface area contributed by atoms with Crippen molar-refractivity contribution in [3.05, 3.63) is 255 Å². The monoisotopic (exact) mass is 1250 g/mol. The van der Waals surface area contributed by atoms with Gasteiger partial charge in [0.25, 0.3) is 0 Å². The number of hydrogen-bond acceptors (Lipinski definition) is 9. The van der Waals surface area contributed by atoms with Gasteiger partial charge in [0.05, 0.1) is 25.0 Å². The standard InChI is InChI=1S/C16H20O2.C15H18O2.C14H16O2.C13H17N.C11H12O.C7H6O.C4H8O.ClH/c1-3-13(10-12-8-6-5-7-9-12)14-11-15(14)16(17)18-4-2;1-3-13(10-11-15(16)17-4-2)12-14-8-6-5-7-9-14;1-2-11(12-9-13(12)14(15)16)8-10-6-4-3-5-7-10;1-2-11(12-9-13(12)14)8-10-6-4-3-5-7-10;1-2-10(9-12)8-11-6-4-3-5-7-11;8-6-7-4-2-1-3-5-7;1-2-3-4-5;/h5-10,14-15H,3-4,11H2,1-2H3;5-12H,3-4H2,1-2H3;3-8,12-13H,2,9H2,1H3,(H,15,16);3-8,12-13H,2,9,14H2,1H3;3-9H,2H2,1H3;1-6H;4H,2-3H2,1H3;1H/b13-10+;11-10+,13-12+;2*11-8+;10-8+;;;/t14-,15+;;2*12-,13+;;;;/m0.00..../s1. The first kappa shape index (κ1) is 78.5. The number of benzene rings is 6. The van der Waals surface area contributed by atoms with Crippen LogP contribution in [0.2, 0.25) is 0 Å². The van der Waals surface area contributed by atoms with Crippen LogP contribution < -0.4 is 5.73 Å². The first-order valence-electron chi connectivity index (χ1n) is 31.9. The number of carbonyl (C=O) groups is 6. The molecule has 0 unspecified atom stereocenters. The number of ether oxygens (including phenoxy) is 2. The van der Waals surface area contributed by atoms with Gasteiger partial charge in [-0.25, -0.2) is 4.79 Å². The van der Waals surface area contributed by atoms with Crippen molar-refractivity contribution in [2.45, 2.75) is 126 Å². The Bertz CT molecular complexity index is 3190. The minimum Gasteiger partial charge on any atom is -0.481 e. The molecule has 6 aromatic carbocycles. The first-order valence-corrected chi connectivity index (χ1v) is 31.9. The van der Waals surface area contributed by atoms with Crippen molar-refractivity contribution < 1.29 is 43.3 Å². The number of esters is 2. The number of carbonyl (C=O) groups excluding carboxylic acids is 5. The van der Waals surface area contributed by atoms with Crippen LogP contribution in [0.5, 0.6) is 0 Å². The van der Waals surface area contributed by atoms with Crippen molar-refractivity contribution in [2.75, 3.05) is 13.2 Å². The van der Waals surface area contributed by atoms with E-state index >= 15 is 0 Å². The molecule has 91 heavy (non-hydrogen) atoms. The Labute approximate surface area is 549 Å². The predicted octanol–water partition coefficient (Wildman–Crippen LogP) is 18.9. The quantitative estimate of drug-likeness (QED) is 0.0273. The van der Waals surface area contributed by atoms with Crippen LogP contribution >= 0.6 is 12.4 Å². The molecule has 0 radical (unpaired) electrons. The lowest BCUT2D eigenvalue weighted by Gasteiger charge is -2.05. The van der Waals surface area contributed by atoms with Crippen LogP contribution in [-0.2, 0) is 33.4 Å². The molecule has 6 atom stereocenters. The number of rotatable bonds is 23. The Balaban J connectivity index is 0.000000370. The molecule has 0 aliphatic heterocycles. The van der Waals surface area contributed by atoms with E-state index in [-0.39, 0.29) is 42.1 Å². The molecule has 0 spiro atoms. The summed E-state index contributed by atoms with van der Waals surface area (Å²) in [6.45, 7) is 17.0. The number of unbranched alkanes of at least 4 members (excludes halogenated alkanes) is 1. The minimum absolute atomic E-state index is 0. The summed E-state index contributed by atoms with van der Waals surface area (Å²) in [6.07, 6.45) is 25.9. The van der Waals surface area contributed by atoms with E-state index in [0.717, 1.165) is 104 Å². The molecule has 0 aromatic heterocycles. The van der Waals surface area contributed by atoms with Gasteiger partial charge in [0.2, 0.25) is 0 Å². The number of aliphatic carboxylic acids is 1. The molecular weight excluding hydrogens is 1150 g/mol. The van der Waals surface area contributed by atoms with Gasteiger partial charge >= 0.3 is 17.9 Å². The summed E-state index contributed by atoms with van der Waals surface area (Å²) in [5, 5.41) is 8.91. The number of nitrogens with two attached hydrogens (primary N) is 1. The molecule has 6 aromatic rings. The van der Waals surface area contributed by atoms with E-state index in [1.54, 1.807) is 19.1 Å². The van der Waals surface area contributed by atoms with Crippen molar-refractivity contribution >= 4 is 79.6 Å². The number of hydrogen-bond donors (Lipinski definition) is 2. The molecule has 3 N–H and O–H groups in total. The Kier molecular flexibility index (Phi) is 40.9. The molecule has 0 amide bonds. The summed E-state index contributed by atoms with van der Waals surface area (Å²) < 4.78 is 9.91. The van der Waals surface area contributed by atoms with Crippen LogP contribution in [0.4, 0.5) is 0 Å². The fourth-order valence-electron chi connectivity index (χ4n) is 9.37. The summed E-state index contributed by atoms with van der Waals surface area (Å²) in [6, 6.07) is 60.3. The van der Waals surface area contributed by atoms with Gasteiger partial charge in [0.15, 0.2) is 0 Å². The highest BCUT2D eigenvalue weighted by atomic mass is 35.5. The number of halogens is 1. The van der Waals surface area contributed by atoms with E-state index in [4.69, 9.17) is 20.3 Å². The summed E-state index contributed by atoms with van der Waals surface area (Å²) in [4.78, 5) is 63.5. The highest BCUT2D eigenvalue weighted by Gasteiger charge is 2.46. The van der Waals surface area contributed by atoms with E-state index in [9.17, 15) is 28.8 Å². The van der Waals surface area contributed by atoms with Crippen LogP contribution in [-0.4, -0.2) is 61.1 Å². The smallest absolute Gasteiger partial charge is 0.330 e. The van der Waals surface area contributed by atoms with E-state index in [1.807, 2.05) is 166 Å². The summed E-state index contributed by atoms with van der Waals surface area (Å²) in [7, 11) is 0. The average molecular weight is 1250 g/mol. The molecule has 0 bridgehead atoms. The van der Waals surface area contributed by atoms with Gasteiger partial charge in [-0.1, -0.05) is 271 Å². The van der Waals surface area contributed by atoms with Gasteiger partial charge in [-0.3, -0.25) is 19.2 Å². The molecule has 10 nitrogen and oxygen atoms in total. The van der Waals surface area contributed by atoms with Crippen molar-refractivity contribution in [3.63, 3.8) is 0 Å². The average Bonchev–Trinajstić information content (AvgIpc) is 1.71. The second-order valence-corrected chi connectivity index (χ2v) is 21.6. The molecule has 9 rings (SSSR count). The predicted molar refractivity (Wildman–Crippen MR) is 379 cm³/mol. The Hall–Kier alpha value is -8.57. The number of aldehydes is 3. The maximum atomic E-state index is 11.6. The largest absolute Gasteiger partial charge is 0.481 e. The maximum absolute atomic E-state index is 11.6. The molecule has 3 aliphatic carbocycles. The van der Waals surface area contributed by atoms with Crippen molar-refractivity contribution in [3.8, 4) is 0 Å². The molecule has 0 heterocycles. The highest BCUT2D eigenvalue weighted by Crippen LogP contribution is 2.47. The van der Waals surface area contributed by atoms with E-state index in [2.05, 4.69) is 88.4 Å². The van der Waals surface area contributed by atoms with Gasteiger partial charge in [-0.15, -0.1) is 12.4 Å². The Morgan fingerprint density at radius 2 is 0.769 bits per heavy atom. The first-order chi connectivity index (χ1) is 43.8. The van der Waals surface area contributed by atoms with E-state index < -0.39 is 5.97 Å². The van der Waals surface area contributed by atoms with Gasteiger partial charge in [0.1, 0.15) is 18.9 Å².